The molecule has 5 rings (SSSR count). The zero-order chi connectivity index (χ0) is 26.9. The van der Waals surface area contributed by atoms with E-state index in [9.17, 15) is 18.0 Å². The Balaban J connectivity index is 1.24. The van der Waals surface area contributed by atoms with Gasteiger partial charge in [0, 0.05) is 82.0 Å². The van der Waals surface area contributed by atoms with Crippen molar-refractivity contribution in [2.45, 2.75) is 38.1 Å². The summed E-state index contributed by atoms with van der Waals surface area (Å²) in [5.74, 6) is 0.713. The van der Waals surface area contributed by atoms with E-state index in [2.05, 4.69) is 22.9 Å². The van der Waals surface area contributed by atoms with Crippen molar-refractivity contribution >= 4 is 11.7 Å². The van der Waals surface area contributed by atoms with Crippen LogP contribution in [0.1, 0.15) is 29.5 Å². The average molecular weight is 533 g/mol. The Bertz CT molecular complexity index is 1140. The van der Waals surface area contributed by atoms with E-state index in [-0.39, 0.29) is 17.9 Å². The molecule has 0 aromatic heterocycles. The zero-order valence-corrected chi connectivity index (χ0v) is 22.0. The van der Waals surface area contributed by atoms with Crippen LogP contribution in [0.3, 0.4) is 0 Å². The van der Waals surface area contributed by atoms with Gasteiger partial charge in [0.05, 0.1) is 12.7 Å². The quantitative estimate of drug-likeness (QED) is 0.581. The number of likely N-dealkylation sites (tertiary alicyclic amines) is 1. The highest BCUT2D eigenvalue weighted by Gasteiger charge is 2.36. The van der Waals surface area contributed by atoms with Gasteiger partial charge in [-0.25, -0.2) is 4.79 Å². The first-order chi connectivity index (χ1) is 18.2. The molecule has 3 aliphatic heterocycles. The smallest absolute Gasteiger partial charge is 0.419 e. The summed E-state index contributed by atoms with van der Waals surface area (Å²) in [6.07, 6.45) is -3.13. The molecule has 0 unspecified atom stereocenters. The van der Waals surface area contributed by atoms with Gasteiger partial charge in [-0.2, -0.15) is 13.2 Å². The predicted molar refractivity (Wildman–Crippen MR) is 139 cm³/mol. The van der Waals surface area contributed by atoms with E-state index in [0.717, 1.165) is 50.0 Å². The first kappa shape index (κ1) is 26.5. The fourth-order valence-electron chi connectivity index (χ4n) is 5.67. The molecule has 0 aliphatic carbocycles. The minimum absolute atomic E-state index is 0.0306. The second-order valence-corrected chi connectivity index (χ2v) is 10.3. The Hall–Kier alpha value is -3.14. The summed E-state index contributed by atoms with van der Waals surface area (Å²) in [6, 6.07) is 9.41. The highest BCUT2D eigenvalue weighted by Crippen LogP contribution is 2.38. The lowest BCUT2D eigenvalue weighted by Crippen LogP contribution is -2.50. The van der Waals surface area contributed by atoms with Crippen LogP contribution in [-0.2, 0) is 19.1 Å². The number of alkyl halides is 3. The minimum atomic E-state index is -4.47. The summed E-state index contributed by atoms with van der Waals surface area (Å²) < 4.78 is 51.4. The molecule has 7 nitrogen and oxygen atoms in total. The highest BCUT2D eigenvalue weighted by molar-refractivity contribution is 5.76. The van der Waals surface area contributed by atoms with Crippen LogP contribution in [0.5, 0.6) is 11.5 Å². The molecule has 0 spiro atoms. The number of carbonyl (C=O) groups excluding carboxylic acids is 1. The number of carbonyl (C=O) groups is 1. The van der Waals surface area contributed by atoms with E-state index in [1.807, 2.05) is 11.0 Å². The van der Waals surface area contributed by atoms with Crippen LogP contribution in [0.4, 0.5) is 23.7 Å². The van der Waals surface area contributed by atoms with Crippen molar-refractivity contribution < 1.29 is 27.4 Å². The molecule has 3 heterocycles. The molecule has 2 aromatic carbocycles. The average Bonchev–Trinajstić information content (AvgIpc) is 2.92. The Morgan fingerprint density at radius 3 is 2.26 bits per heavy atom. The fraction of sp³-hybridized carbons (Fsp3) is 0.536. The summed E-state index contributed by atoms with van der Waals surface area (Å²) in [5, 5.41) is 0. The molecule has 3 aliphatic rings. The number of urea groups is 1. The van der Waals surface area contributed by atoms with Gasteiger partial charge in [-0.3, -0.25) is 0 Å². The SMILES string of the molecule is COc1ccc(N2CCN(C)CC2)c2c1CCN(C(=O)N1CCC(Oc3ccccc3C(F)(F)F)CC1)C2. The van der Waals surface area contributed by atoms with Crippen LogP contribution in [0.15, 0.2) is 36.4 Å². The summed E-state index contributed by atoms with van der Waals surface area (Å²) in [6.45, 7) is 5.88. The summed E-state index contributed by atoms with van der Waals surface area (Å²) in [5.41, 5.74) is 2.72. The third kappa shape index (κ3) is 5.50. The number of methoxy groups -OCH3 is 1. The molecule has 206 valence electrons. The van der Waals surface area contributed by atoms with Crippen LogP contribution in [0.2, 0.25) is 0 Å². The van der Waals surface area contributed by atoms with Gasteiger partial charge in [0.15, 0.2) is 0 Å². The van der Waals surface area contributed by atoms with E-state index in [0.29, 0.717) is 39.0 Å². The molecule has 2 amide bonds. The second-order valence-electron chi connectivity index (χ2n) is 10.3. The molecular formula is C28H35F3N4O3. The largest absolute Gasteiger partial charge is 0.496 e. The number of likely N-dealkylation sites (N-methyl/N-ethyl adjacent to an activating group) is 1. The molecule has 0 bridgehead atoms. The van der Waals surface area contributed by atoms with Crippen LogP contribution in [0.25, 0.3) is 0 Å². The maximum Gasteiger partial charge on any atom is 0.419 e. The number of rotatable bonds is 4. The standard InChI is InChI=1S/C28H35F3N4O3/c1-32-15-17-33(18-16-32)24-7-8-25(37-2)21-11-14-35(19-22(21)24)27(36)34-12-9-20(10-13-34)38-26-6-4-3-5-23(26)28(29,30)31/h3-8,20H,9-19H2,1-2H3. The van der Waals surface area contributed by atoms with E-state index < -0.39 is 11.7 Å². The van der Waals surface area contributed by atoms with Crippen LogP contribution >= 0.6 is 0 Å². The number of hydrogen-bond donors (Lipinski definition) is 0. The Kier molecular flexibility index (Phi) is 7.61. The van der Waals surface area contributed by atoms with Crippen molar-refractivity contribution in [1.82, 2.24) is 14.7 Å². The Labute approximate surface area is 221 Å². The van der Waals surface area contributed by atoms with Gasteiger partial charge >= 0.3 is 12.2 Å². The number of piperazine rings is 1. The van der Waals surface area contributed by atoms with Gasteiger partial charge in [0.25, 0.3) is 0 Å². The molecule has 2 aromatic rings. The van der Waals surface area contributed by atoms with Crippen molar-refractivity contribution in [3.8, 4) is 11.5 Å². The van der Waals surface area contributed by atoms with Gasteiger partial charge < -0.3 is 29.1 Å². The van der Waals surface area contributed by atoms with Crippen molar-refractivity contribution in [2.75, 3.05) is 64.9 Å². The Morgan fingerprint density at radius 2 is 1.58 bits per heavy atom. The van der Waals surface area contributed by atoms with Gasteiger partial charge in [-0.15, -0.1) is 0 Å². The second kappa shape index (κ2) is 10.9. The number of fused-ring (bicyclic) bond motifs is 1. The van der Waals surface area contributed by atoms with Crippen molar-refractivity contribution in [2.24, 2.45) is 0 Å². The van der Waals surface area contributed by atoms with E-state index in [4.69, 9.17) is 9.47 Å². The van der Waals surface area contributed by atoms with Crippen molar-refractivity contribution in [1.29, 1.82) is 0 Å². The lowest BCUT2D eigenvalue weighted by Gasteiger charge is -2.40. The van der Waals surface area contributed by atoms with Crippen LogP contribution in [0, 0.1) is 0 Å². The monoisotopic (exact) mass is 532 g/mol. The van der Waals surface area contributed by atoms with Crippen LogP contribution < -0.4 is 14.4 Å². The number of piperidine rings is 1. The van der Waals surface area contributed by atoms with Gasteiger partial charge in [0.2, 0.25) is 0 Å². The minimum Gasteiger partial charge on any atom is -0.496 e. The van der Waals surface area contributed by atoms with Gasteiger partial charge in [-0.05, 0) is 37.7 Å². The molecule has 0 radical (unpaired) electrons. The number of halogens is 3. The third-order valence-electron chi connectivity index (χ3n) is 7.88. The van der Waals surface area contributed by atoms with Gasteiger partial charge in [0.1, 0.15) is 17.6 Å². The van der Waals surface area contributed by atoms with Crippen molar-refractivity contribution in [3.05, 3.63) is 53.1 Å². The number of benzene rings is 2. The number of ether oxygens (including phenoxy) is 2. The first-order valence-electron chi connectivity index (χ1n) is 13.2. The molecule has 2 saturated heterocycles. The summed E-state index contributed by atoms with van der Waals surface area (Å²) >= 11 is 0. The fourth-order valence-corrected chi connectivity index (χ4v) is 5.67. The number of anilines is 1. The van der Waals surface area contributed by atoms with Crippen LogP contribution in [-0.4, -0.2) is 86.8 Å². The number of nitrogens with zero attached hydrogens (tertiary/aromatic N) is 4. The predicted octanol–water partition coefficient (Wildman–Crippen LogP) is 4.49. The highest BCUT2D eigenvalue weighted by atomic mass is 19.4. The van der Waals surface area contributed by atoms with E-state index in [1.165, 1.54) is 23.4 Å². The molecular weight excluding hydrogens is 497 g/mol. The van der Waals surface area contributed by atoms with E-state index >= 15 is 0 Å². The Morgan fingerprint density at radius 1 is 0.868 bits per heavy atom. The normalized spacial score (nSPS) is 19.3. The maximum atomic E-state index is 13.5. The molecule has 0 atom stereocenters. The number of para-hydroxylation sites is 1. The molecule has 10 heteroatoms. The number of amides is 2. The third-order valence-corrected chi connectivity index (χ3v) is 7.88. The molecule has 0 N–H and O–H groups in total. The number of hydrogen-bond acceptors (Lipinski definition) is 5. The summed E-state index contributed by atoms with van der Waals surface area (Å²) in [4.78, 5) is 21.9. The first-order valence-corrected chi connectivity index (χ1v) is 13.2. The zero-order valence-electron chi connectivity index (χ0n) is 22.0. The molecule has 38 heavy (non-hydrogen) atoms. The lowest BCUT2D eigenvalue weighted by atomic mass is 9.95. The van der Waals surface area contributed by atoms with Crippen molar-refractivity contribution in [3.63, 3.8) is 0 Å². The van der Waals surface area contributed by atoms with Gasteiger partial charge in [-0.1, -0.05) is 12.1 Å². The molecule has 0 saturated carbocycles. The molecule has 2 fully saturated rings. The maximum absolute atomic E-state index is 13.5. The van der Waals surface area contributed by atoms with E-state index in [1.54, 1.807) is 18.1 Å². The lowest BCUT2D eigenvalue weighted by molar-refractivity contribution is -0.139. The topological polar surface area (TPSA) is 48.5 Å². The summed E-state index contributed by atoms with van der Waals surface area (Å²) in [7, 11) is 3.81.